The second-order valence-electron chi connectivity index (χ2n) is 3.76. The summed E-state index contributed by atoms with van der Waals surface area (Å²) >= 11 is 3.41. The lowest BCUT2D eigenvalue weighted by Crippen LogP contribution is -2.17. The van der Waals surface area contributed by atoms with Gasteiger partial charge in [-0.3, -0.25) is 4.79 Å². The van der Waals surface area contributed by atoms with Crippen molar-refractivity contribution in [3.8, 4) is 0 Å². The van der Waals surface area contributed by atoms with Crippen LogP contribution in [0.25, 0.3) is 0 Å². The molecule has 0 saturated heterocycles. The Hall–Kier alpha value is -1.55. The fourth-order valence-electron chi connectivity index (χ4n) is 1.67. The van der Waals surface area contributed by atoms with Crippen molar-refractivity contribution in [2.75, 3.05) is 11.9 Å². The van der Waals surface area contributed by atoms with Gasteiger partial charge in [-0.15, -0.1) is 0 Å². The molecule has 0 fully saturated rings. The average Bonchev–Trinajstić information content (AvgIpc) is 2.81. The molecule has 17 heavy (non-hydrogen) atoms. The maximum atomic E-state index is 11.0. The number of anilines is 1. The van der Waals surface area contributed by atoms with E-state index in [0.717, 1.165) is 22.2 Å². The fraction of sp³-hybridized carbons (Fsp3) is 0.154. The number of halogens is 1. The second kappa shape index (κ2) is 5.19. The van der Waals surface area contributed by atoms with Crippen LogP contribution in [0, 0.1) is 0 Å². The Balaban J connectivity index is 2.26. The number of aldehydes is 1. The first-order valence-corrected chi connectivity index (χ1v) is 5.98. The molecule has 1 aromatic carbocycles. The molecule has 0 bridgehead atoms. The highest BCUT2D eigenvalue weighted by Gasteiger charge is 2.09. The van der Waals surface area contributed by atoms with E-state index in [-0.39, 0.29) is 0 Å². The van der Waals surface area contributed by atoms with E-state index in [9.17, 15) is 4.79 Å². The molecule has 3 nitrogen and oxygen atoms in total. The van der Waals surface area contributed by atoms with Gasteiger partial charge in [0.15, 0.2) is 6.29 Å². The number of rotatable bonds is 4. The Kier molecular flexibility index (Phi) is 3.64. The number of hydrogen-bond donors (Lipinski definition) is 0. The van der Waals surface area contributed by atoms with Gasteiger partial charge in [0.25, 0.3) is 0 Å². The van der Waals surface area contributed by atoms with Crippen LogP contribution in [-0.2, 0) is 6.54 Å². The summed E-state index contributed by atoms with van der Waals surface area (Å²) in [6, 6.07) is 9.34. The summed E-state index contributed by atoms with van der Waals surface area (Å²) in [6.07, 6.45) is 2.51. The molecular weight excluding hydrogens is 282 g/mol. The van der Waals surface area contributed by atoms with Crippen LogP contribution in [-0.4, -0.2) is 13.3 Å². The molecule has 2 rings (SSSR count). The molecule has 0 spiro atoms. The van der Waals surface area contributed by atoms with Crippen molar-refractivity contribution in [3.05, 3.63) is 52.4 Å². The van der Waals surface area contributed by atoms with Crippen LogP contribution in [0.1, 0.15) is 16.1 Å². The lowest BCUT2D eigenvalue weighted by molar-refractivity contribution is 0.112. The summed E-state index contributed by atoms with van der Waals surface area (Å²) in [7, 11) is 1.93. The number of nitrogens with zero attached hydrogens (tertiary/aromatic N) is 1. The minimum atomic E-state index is 0.629. The van der Waals surface area contributed by atoms with Crippen LogP contribution in [0.15, 0.2) is 45.5 Å². The predicted octanol–water partition coefficient (Wildman–Crippen LogP) is 3.49. The Morgan fingerprint density at radius 2 is 2.24 bits per heavy atom. The summed E-state index contributed by atoms with van der Waals surface area (Å²) in [5.41, 5.74) is 1.55. The van der Waals surface area contributed by atoms with Gasteiger partial charge in [-0.2, -0.15) is 0 Å². The Labute approximate surface area is 108 Å². The maximum absolute atomic E-state index is 11.0. The molecule has 1 heterocycles. The molecule has 0 aliphatic carbocycles. The van der Waals surface area contributed by atoms with Gasteiger partial charge in [0.2, 0.25) is 0 Å². The molecule has 0 saturated carbocycles. The van der Waals surface area contributed by atoms with Crippen LogP contribution in [0.2, 0.25) is 0 Å². The van der Waals surface area contributed by atoms with Gasteiger partial charge in [-0.1, -0.05) is 15.9 Å². The van der Waals surface area contributed by atoms with Gasteiger partial charge in [-0.25, -0.2) is 0 Å². The number of carbonyl (C=O) groups is 1. The van der Waals surface area contributed by atoms with Crippen molar-refractivity contribution in [3.63, 3.8) is 0 Å². The Morgan fingerprint density at radius 1 is 1.41 bits per heavy atom. The monoisotopic (exact) mass is 293 g/mol. The van der Waals surface area contributed by atoms with Crippen LogP contribution in [0.5, 0.6) is 0 Å². The van der Waals surface area contributed by atoms with E-state index < -0.39 is 0 Å². The highest BCUT2D eigenvalue weighted by Crippen LogP contribution is 2.24. The molecule has 1 aromatic heterocycles. The van der Waals surface area contributed by atoms with E-state index in [4.69, 9.17) is 4.42 Å². The van der Waals surface area contributed by atoms with E-state index in [2.05, 4.69) is 15.9 Å². The standard InChI is InChI=1S/C13H12BrNO2/c1-15(8-12-3-2-6-17-12)13-7-11(14)5-4-10(13)9-16/h2-7,9H,8H2,1H3. The summed E-state index contributed by atoms with van der Waals surface area (Å²) in [5, 5.41) is 0. The molecule has 0 radical (unpaired) electrons. The van der Waals surface area contributed by atoms with Crippen LogP contribution in [0.4, 0.5) is 5.69 Å². The van der Waals surface area contributed by atoms with Crippen molar-refractivity contribution in [1.82, 2.24) is 0 Å². The topological polar surface area (TPSA) is 33.5 Å². The van der Waals surface area contributed by atoms with E-state index in [1.807, 2.05) is 36.2 Å². The largest absolute Gasteiger partial charge is 0.467 e. The maximum Gasteiger partial charge on any atom is 0.152 e. The zero-order chi connectivity index (χ0) is 12.3. The normalized spacial score (nSPS) is 10.2. The molecule has 4 heteroatoms. The zero-order valence-corrected chi connectivity index (χ0v) is 11.0. The van der Waals surface area contributed by atoms with Crippen LogP contribution < -0.4 is 4.90 Å². The molecule has 88 valence electrons. The molecular formula is C13H12BrNO2. The first kappa shape index (κ1) is 11.9. The third-order valence-corrected chi connectivity index (χ3v) is 3.00. The minimum Gasteiger partial charge on any atom is -0.467 e. The van der Waals surface area contributed by atoms with E-state index >= 15 is 0 Å². The molecule has 0 aliphatic rings. The highest BCUT2D eigenvalue weighted by atomic mass is 79.9. The van der Waals surface area contributed by atoms with Crippen LogP contribution in [0.3, 0.4) is 0 Å². The SMILES string of the molecule is CN(Cc1ccco1)c1cc(Br)ccc1C=O. The quantitative estimate of drug-likeness (QED) is 0.809. The van der Waals surface area contributed by atoms with Gasteiger partial charge in [0.05, 0.1) is 12.8 Å². The van der Waals surface area contributed by atoms with Gasteiger partial charge in [0.1, 0.15) is 5.76 Å². The van der Waals surface area contributed by atoms with Crippen molar-refractivity contribution in [2.24, 2.45) is 0 Å². The van der Waals surface area contributed by atoms with Gasteiger partial charge >= 0.3 is 0 Å². The van der Waals surface area contributed by atoms with Gasteiger partial charge in [0, 0.05) is 22.8 Å². The fourth-order valence-corrected chi connectivity index (χ4v) is 2.02. The molecule has 0 unspecified atom stereocenters. The van der Waals surface area contributed by atoms with Crippen molar-refractivity contribution < 1.29 is 9.21 Å². The third kappa shape index (κ3) is 2.77. The number of benzene rings is 1. The number of furan rings is 1. The minimum absolute atomic E-state index is 0.629. The molecule has 0 N–H and O–H groups in total. The Morgan fingerprint density at radius 3 is 2.88 bits per heavy atom. The van der Waals surface area contributed by atoms with Crippen molar-refractivity contribution in [2.45, 2.75) is 6.54 Å². The predicted molar refractivity (Wildman–Crippen MR) is 70.3 cm³/mol. The van der Waals surface area contributed by atoms with Crippen molar-refractivity contribution in [1.29, 1.82) is 0 Å². The van der Waals surface area contributed by atoms with Gasteiger partial charge < -0.3 is 9.32 Å². The van der Waals surface area contributed by atoms with E-state index in [1.54, 1.807) is 12.3 Å². The summed E-state index contributed by atoms with van der Waals surface area (Å²) in [5.74, 6) is 0.865. The lowest BCUT2D eigenvalue weighted by atomic mass is 10.2. The second-order valence-corrected chi connectivity index (χ2v) is 4.67. The summed E-state index contributed by atoms with van der Waals surface area (Å²) < 4.78 is 6.24. The van der Waals surface area contributed by atoms with E-state index in [1.165, 1.54) is 0 Å². The molecule has 0 amide bonds. The first-order valence-electron chi connectivity index (χ1n) is 5.19. The third-order valence-electron chi connectivity index (χ3n) is 2.50. The average molecular weight is 294 g/mol. The highest BCUT2D eigenvalue weighted by molar-refractivity contribution is 9.10. The summed E-state index contributed by atoms with van der Waals surface area (Å²) in [4.78, 5) is 13.0. The first-order chi connectivity index (χ1) is 8.20. The van der Waals surface area contributed by atoms with E-state index in [0.29, 0.717) is 12.1 Å². The number of hydrogen-bond acceptors (Lipinski definition) is 3. The van der Waals surface area contributed by atoms with Crippen LogP contribution >= 0.6 is 15.9 Å². The number of carbonyl (C=O) groups excluding carboxylic acids is 1. The summed E-state index contributed by atoms with van der Waals surface area (Å²) in [6.45, 7) is 0.629. The van der Waals surface area contributed by atoms with Crippen molar-refractivity contribution >= 4 is 27.9 Å². The lowest BCUT2D eigenvalue weighted by Gasteiger charge is -2.19. The molecule has 2 aromatic rings. The Bertz CT molecular complexity index is 508. The van der Waals surface area contributed by atoms with Gasteiger partial charge in [-0.05, 0) is 30.3 Å². The smallest absolute Gasteiger partial charge is 0.152 e. The molecule has 0 aliphatic heterocycles. The zero-order valence-electron chi connectivity index (χ0n) is 9.39. The molecule has 0 atom stereocenters.